The second kappa shape index (κ2) is 12.0. The molecule has 0 spiro atoms. The van der Waals surface area contributed by atoms with Crippen LogP contribution in [-0.2, 0) is 14.3 Å². The van der Waals surface area contributed by atoms with Crippen molar-refractivity contribution in [2.75, 3.05) is 45.7 Å². The first-order valence-corrected chi connectivity index (χ1v) is 12.8. The average Bonchev–Trinajstić information content (AvgIpc) is 3.32. The summed E-state index contributed by atoms with van der Waals surface area (Å²) >= 11 is 0. The lowest BCUT2D eigenvalue weighted by Crippen LogP contribution is -2.49. The molecule has 3 heterocycles. The number of nitrogens with zero attached hydrogens (tertiary/aromatic N) is 4. The van der Waals surface area contributed by atoms with Crippen LogP contribution in [0.2, 0.25) is 0 Å². The number of aromatic amines is 1. The number of imidazole rings is 1. The zero-order chi connectivity index (χ0) is 27.3. The van der Waals surface area contributed by atoms with Gasteiger partial charge in [0.25, 0.3) is 0 Å². The second-order valence-corrected chi connectivity index (χ2v) is 10.3. The fourth-order valence-electron chi connectivity index (χ4n) is 4.04. The van der Waals surface area contributed by atoms with Crippen LogP contribution in [0, 0.1) is 11.2 Å². The van der Waals surface area contributed by atoms with Crippen LogP contribution in [0.1, 0.15) is 39.3 Å². The number of H-pyrrole nitrogens is 1. The van der Waals surface area contributed by atoms with Crippen LogP contribution < -0.4 is 10.6 Å². The van der Waals surface area contributed by atoms with Crippen molar-refractivity contribution < 1.29 is 18.7 Å². The number of carbonyl (C=O) groups is 1. The normalized spacial score (nSPS) is 19.6. The van der Waals surface area contributed by atoms with E-state index in [0.717, 1.165) is 13.0 Å². The average molecular weight is 526 g/mol. The lowest BCUT2D eigenvalue weighted by molar-refractivity contribution is -0.231. The largest absolute Gasteiger partial charge is 0.355 e. The van der Waals surface area contributed by atoms with Crippen molar-refractivity contribution in [3.8, 4) is 22.6 Å². The van der Waals surface area contributed by atoms with E-state index in [1.807, 2.05) is 34.9 Å². The highest BCUT2D eigenvalue weighted by Gasteiger charge is 2.40. The summed E-state index contributed by atoms with van der Waals surface area (Å²) < 4.78 is 25.6. The van der Waals surface area contributed by atoms with Crippen molar-refractivity contribution in [2.24, 2.45) is 5.41 Å². The molecule has 38 heavy (non-hydrogen) atoms. The van der Waals surface area contributed by atoms with Gasteiger partial charge in [-0.25, -0.2) is 19.3 Å². The highest BCUT2D eigenvalue weighted by atomic mass is 19.1. The summed E-state index contributed by atoms with van der Waals surface area (Å²) in [4.78, 5) is 31.9. The maximum Gasteiger partial charge on any atom is 0.230 e. The summed E-state index contributed by atoms with van der Waals surface area (Å²) in [5, 5.41) is 6.18. The summed E-state index contributed by atoms with van der Waals surface area (Å²) in [5.41, 5.74) is 1.71. The maximum absolute atomic E-state index is 13.6. The van der Waals surface area contributed by atoms with E-state index in [1.165, 1.54) is 12.1 Å². The first kappa shape index (κ1) is 27.6. The molecule has 1 aliphatic heterocycles. The zero-order valence-corrected chi connectivity index (χ0v) is 22.5. The Bertz CT molecular complexity index is 1220. The lowest BCUT2D eigenvalue weighted by atomic mass is 9.91. The van der Waals surface area contributed by atoms with Gasteiger partial charge < -0.3 is 30.0 Å². The molecule has 3 N–H and O–H groups in total. The van der Waals surface area contributed by atoms with Gasteiger partial charge in [-0.05, 0) is 78.2 Å². The van der Waals surface area contributed by atoms with Gasteiger partial charge in [0.1, 0.15) is 5.82 Å². The van der Waals surface area contributed by atoms with Crippen molar-refractivity contribution in [3.05, 3.63) is 48.2 Å². The molecule has 2 aromatic heterocycles. The highest BCUT2D eigenvalue weighted by molar-refractivity contribution is 5.82. The number of halogens is 1. The van der Waals surface area contributed by atoms with Crippen LogP contribution in [0.25, 0.3) is 22.6 Å². The predicted molar refractivity (Wildman–Crippen MR) is 143 cm³/mol. The number of rotatable bonds is 10. The van der Waals surface area contributed by atoms with Crippen LogP contribution in [0.5, 0.6) is 0 Å². The predicted octanol–water partition coefficient (Wildman–Crippen LogP) is 3.61. The molecule has 11 heteroatoms. The number of hydrogen-bond donors (Lipinski definition) is 3. The molecule has 0 unspecified atom stereocenters. The van der Waals surface area contributed by atoms with E-state index >= 15 is 0 Å². The van der Waals surface area contributed by atoms with Crippen molar-refractivity contribution in [1.29, 1.82) is 0 Å². The molecule has 1 saturated heterocycles. The zero-order valence-electron chi connectivity index (χ0n) is 22.5. The van der Waals surface area contributed by atoms with Gasteiger partial charge in [-0.15, -0.1) is 0 Å². The maximum atomic E-state index is 13.6. The molecule has 0 aliphatic carbocycles. The third-order valence-electron chi connectivity index (χ3n) is 6.11. The summed E-state index contributed by atoms with van der Waals surface area (Å²) in [6, 6.07) is 8.02. The SMILES string of the molecule is CC(C)Nc1nccc(-c2[nH]c(C3OCC(C)(C(=O)NCCCN(C)C)CO3)nc2-c2ccc(F)cc2)n1. The third-order valence-corrected chi connectivity index (χ3v) is 6.11. The smallest absolute Gasteiger partial charge is 0.230 e. The molecule has 0 bridgehead atoms. The fraction of sp³-hybridized carbons (Fsp3) is 0.481. The van der Waals surface area contributed by atoms with Crippen LogP contribution in [0.15, 0.2) is 36.5 Å². The van der Waals surface area contributed by atoms with E-state index in [9.17, 15) is 9.18 Å². The first-order chi connectivity index (χ1) is 18.1. The van der Waals surface area contributed by atoms with E-state index in [4.69, 9.17) is 14.5 Å². The molecule has 0 radical (unpaired) electrons. The molecule has 1 aliphatic rings. The van der Waals surface area contributed by atoms with E-state index in [-0.39, 0.29) is 31.0 Å². The Morgan fingerprint density at radius 1 is 1.18 bits per heavy atom. The number of anilines is 1. The quantitative estimate of drug-likeness (QED) is 0.344. The Kier molecular flexibility index (Phi) is 8.70. The number of aromatic nitrogens is 4. The number of ether oxygens (including phenoxy) is 2. The van der Waals surface area contributed by atoms with Gasteiger partial charge in [-0.2, -0.15) is 0 Å². The highest BCUT2D eigenvalue weighted by Crippen LogP contribution is 2.35. The molecule has 1 aromatic carbocycles. The summed E-state index contributed by atoms with van der Waals surface area (Å²) in [6.07, 6.45) is 1.73. The third kappa shape index (κ3) is 6.72. The van der Waals surface area contributed by atoms with Crippen LogP contribution in [0.3, 0.4) is 0 Å². The van der Waals surface area contributed by atoms with Gasteiger partial charge in [-0.3, -0.25) is 4.79 Å². The number of benzene rings is 1. The summed E-state index contributed by atoms with van der Waals surface area (Å²) in [6.45, 7) is 7.67. The van der Waals surface area contributed by atoms with Crippen molar-refractivity contribution >= 4 is 11.9 Å². The topological polar surface area (TPSA) is 117 Å². The van der Waals surface area contributed by atoms with Gasteiger partial charge in [0.05, 0.1) is 35.7 Å². The van der Waals surface area contributed by atoms with Crippen LogP contribution >= 0.6 is 0 Å². The van der Waals surface area contributed by atoms with Crippen molar-refractivity contribution in [1.82, 2.24) is 30.2 Å². The minimum atomic E-state index is -0.812. The van der Waals surface area contributed by atoms with Gasteiger partial charge in [0.2, 0.25) is 18.1 Å². The van der Waals surface area contributed by atoms with Crippen LogP contribution in [-0.4, -0.2) is 77.2 Å². The Hall–Kier alpha value is -3.41. The minimum absolute atomic E-state index is 0.104. The Balaban J connectivity index is 1.54. The molecule has 204 valence electrons. The van der Waals surface area contributed by atoms with E-state index in [2.05, 4.69) is 30.5 Å². The number of hydrogen-bond acceptors (Lipinski definition) is 8. The van der Waals surface area contributed by atoms with Gasteiger partial charge in [-0.1, -0.05) is 0 Å². The molecule has 1 fully saturated rings. The first-order valence-electron chi connectivity index (χ1n) is 12.8. The summed E-state index contributed by atoms with van der Waals surface area (Å²) in [7, 11) is 4.00. The van der Waals surface area contributed by atoms with Crippen LogP contribution in [0.4, 0.5) is 10.3 Å². The Morgan fingerprint density at radius 3 is 2.55 bits per heavy atom. The molecule has 0 saturated carbocycles. The summed E-state index contributed by atoms with van der Waals surface area (Å²) in [5.74, 6) is 0.476. The van der Waals surface area contributed by atoms with Gasteiger partial charge >= 0.3 is 0 Å². The van der Waals surface area contributed by atoms with Crippen molar-refractivity contribution in [3.63, 3.8) is 0 Å². The molecule has 1 amide bonds. The van der Waals surface area contributed by atoms with E-state index in [0.29, 0.717) is 41.0 Å². The second-order valence-electron chi connectivity index (χ2n) is 10.3. The molecule has 4 rings (SSSR count). The van der Waals surface area contributed by atoms with Gasteiger partial charge in [0.15, 0.2) is 5.82 Å². The molecular formula is C27H36FN7O3. The van der Waals surface area contributed by atoms with Gasteiger partial charge in [0, 0.05) is 24.3 Å². The van der Waals surface area contributed by atoms with Crippen molar-refractivity contribution in [2.45, 2.75) is 39.5 Å². The number of carbonyl (C=O) groups excluding carboxylic acids is 1. The Labute approximate surface area is 222 Å². The lowest BCUT2D eigenvalue weighted by Gasteiger charge is -2.35. The molecular weight excluding hydrogens is 489 g/mol. The Morgan fingerprint density at radius 2 is 1.89 bits per heavy atom. The number of amides is 1. The van der Waals surface area contributed by atoms with E-state index in [1.54, 1.807) is 24.4 Å². The fourth-order valence-corrected chi connectivity index (χ4v) is 4.04. The minimum Gasteiger partial charge on any atom is -0.355 e. The standard InChI is InChI=1S/C27H36FN7O3/c1-17(2)31-26-30-13-11-20(32-26)22-21(18-7-9-19(28)10-8-18)33-23(34-22)24-37-15-27(3,16-38-24)25(36)29-12-6-14-35(4)5/h7-11,13,17,24H,6,12,14-16H2,1-5H3,(H,29,36)(H,33,34)(H,30,31,32). The number of nitrogens with one attached hydrogen (secondary N) is 3. The molecule has 10 nitrogen and oxygen atoms in total. The molecule has 3 aromatic rings. The van der Waals surface area contributed by atoms with E-state index < -0.39 is 11.7 Å². The molecule has 0 atom stereocenters. The monoisotopic (exact) mass is 525 g/mol.